The minimum Gasteiger partial charge on any atom is -0.345 e. The van der Waals surface area contributed by atoms with Gasteiger partial charge in [0.2, 0.25) is 11.9 Å². The Bertz CT molecular complexity index is 867. The first kappa shape index (κ1) is 18.5. The van der Waals surface area contributed by atoms with Crippen molar-refractivity contribution >= 4 is 11.9 Å². The molecule has 3 fully saturated rings. The third-order valence-corrected chi connectivity index (χ3v) is 7.36. The van der Waals surface area contributed by atoms with Gasteiger partial charge in [-0.2, -0.15) is 0 Å². The van der Waals surface area contributed by atoms with Gasteiger partial charge in [0, 0.05) is 57.2 Å². The van der Waals surface area contributed by atoms with Crippen LogP contribution in [0.15, 0.2) is 42.9 Å². The number of pyridine rings is 1. The summed E-state index contributed by atoms with van der Waals surface area (Å²) in [5.41, 5.74) is 0.799. The Morgan fingerprint density at radius 2 is 1.69 bits per heavy atom. The van der Waals surface area contributed by atoms with Crippen LogP contribution in [0.3, 0.4) is 0 Å². The van der Waals surface area contributed by atoms with Crippen molar-refractivity contribution in [3.05, 3.63) is 48.5 Å². The first-order chi connectivity index (χ1) is 14.1. The van der Waals surface area contributed by atoms with Crippen molar-refractivity contribution in [2.24, 2.45) is 10.8 Å². The average molecular weight is 393 g/mol. The number of nitrogens with zero attached hydrogens (tertiary/aromatic N) is 6. The molecule has 7 heteroatoms. The Hall–Kier alpha value is -2.54. The zero-order valence-electron chi connectivity index (χ0n) is 17.0. The van der Waals surface area contributed by atoms with Crippen molar-refractivity contribution in [1.29, 1.82) is 0 Å². The van der Waals surface area contributed by atoms with Gasteiger partial charge in [-0.05, 0) is 50.6 Å². The van der Waals surface area contributed by atoms with Crippen LogP contribution in [0, 0.1) is 10.8 Å². The molecular formula is C22H28N6O. The van der Waals surface area contributed by atoms with Gasteiger partial charge < -0.3 is 9.80 Å². The van der Waals surface area contributed by atoms with Crippen LogP contribution in [0.1, 0.15) is 25.0 Å². The van der Waals surface area contributed by atoms with Crippen LogP contribution < -0.4 is 4.90 Å². The maximum atomic E-state index is 13.4. The summed E-state index contributed by atoms with van der Waals surface area (Å²) < 4.78 is 0. The van der Waals surface area contributed by atoms with Crippen LogP contribution in [0.4, 0.5) is 5.95 Å². The minimum absolute atomic E-state index is 0.00530. The van der Waals surface area contributed by atoms with Crippen LogP contribution in [0.5, 0.6) is 0 Å². The number of carbonyl (C=O) groups excluding carboxylic acids is 1. The largest absolute Gasteiger partial charge is 0.345 e. The first-order valence-electron chi connectivity index (χ1n) is 10.5. The molecule has 3 aliphatic rings. The van der Waals surface area contributed by atoms with Crippen LogP contribution in [-0.4, -0.2) is 70.4 Å². The van der Waals surface area contributed by atoms with E-state index in [0.29, 0.717) is 5.91 Å². The van der Waals surface area contributed by atoms with E-state index in [1.54, 1.807) is 12.4 Å². The highest BCUT2D eigenvalue weighted by molar-refractivity contribution is 5.87. The summed E-state index contributed by atoms with van der Waals surface area (Å²) in [4.78, 5) is 33.5. The van der Waals surface area contributed by atoms with Crippen LogP contribution in [-0.2, 0) is 11.3 Å². The molecule has 29 heavy (non-hydrogen) atoms. The SMILES string of the molecule is CN1CCC2(CN(c3ncccn3)CC23CCN(Cc2ccccn2)CC3)C1=O. The molecule has 0 saturated carbocycles. The zero-order valence-corrected chi connectivity index (χ0v) is 17.0. The number of anilines is 1. The fourth-order valence-electron chi connectivity index (χ4n) is 5.73. The summed E-state index contributed by atoms with van der Waals surface area (Å²) in [6.07, 6.45) is 8.44. The molecule has 1 atom stereocenters. The summed E-state index contributed by atoms with van der Waals surface area (Å²) in [7, 11) is 1.95. The van der Waals surface area contributed by atoms with Crippen LogP contribution in [0.25, 0.3) is 0 Å². The highest BCUT2D eigenvalue weighted by atomic mass is 16.2. The Morgan fingerprint density at radius 3 is 2.34 bits per heavy atom. The van der Waals surface area contributed by atoms with Crippen molar-refractivity contribution in [2.45, 2.75) is 25.8 Å². The summed E-state index contributed by atoms with van der Waals surface area (Å²) in [6, 6.07) is 7.94. The van der Waals surface area contributed by atoms with Crippen molar-refractivity contribution in [3.63, 3.8) is 0 Å². The second-order valence-corrected chi connectivity index (χ2v) is 8.84. The van der Waals surface area contributed by atoms with Crippen molar-refractivity contribution < 1.29 is 4.79 Å². The molecular weight excluding hydrogens is 364 g/mol. The number of likely N-dealkylation sites (tertiary alicyclic amines) is 2. The molecule has 5 rings (SSSR count). The monoisotopic (exact) mass is 392 g/mol. The fraction of sp³-hybridized carbons (Fsp3) is 0.545. The van der Waals surface area contributed by atoms with E-state index in [2.05, 4.69) is 30.8 Å². The predicted octanol–water partition coefficient (Wildman–Crippen LogP) is 1.82. The lowest BCUT2D eigenvalue weighted by molar-refractivity contribution is -0.141. The second-order valence-electron chi connectivity index (χ2n) is 8.84. The molecule has 0 bridgehead atoms. The molecule has 0 aliphatic carbocycles. The van der Waals surface area contributed by atoms with Gasteiger partial charge in [0.15, 0.2) is 0 Å². The molecule has 1 unspecified atom stereocenters. The number of amides is 1. The van der Waals surface area contributed by atoms with E-state index in [4.69, 9.17) is 0 Å². The van der Waals surface area contributed by atoms with E-state index in [-0.39, 0.29) is 10.8 Å². The van der Waals surface area contributed by atoms with Gasteiger partial charge in [-0.3, -0.25) is 14.7 Å². The Kier molecular flexibility index (Phi) is 4.50. The maximum absolute atomic E-state index is 13.4. The Balaban J connectivity index is 1.39. The maximum Gasteiger partial charge on any atom is 0.231 e. The van der Waals surface area contributed by atoms with E-state index in [0.717, 1.165) is 70.2 Å². The van der Waals surface area contributed by atoms with E-state index in [9.17, 15) is 4.79 Å². The van der Waals surface area contributed by atoms with Gasteiger partial charge in [0.1, 0.15) is 0 Å². The van der Waals surface area contributed by atoms with Gasteiger partial charge >= 0.3 is 0 Å². The second kappa shape index (κ2) is 7.06. The molecule has 1 amide bonds. The van der Waals surface area contributed by atoms with Crippen molar-refractivity contribution in [1.82, 2.24) is 24.8 Å². The quantitative estimate of drug-likeness (QED) is 0.794. The topological polar surface area (TPSA) is 65.5 Å². The predicted molar refractivity (Wildman–Crippen MR) is 110 cm³/mol. The van der Waals surface area contributed by atoms with E-state index in [1.165, 1.54) is 0 Å². The van der Waals surface area contributed by atoms with Gasteiger partial charge in [-0.1, -0.05) is 6.07 Å². The lowest BCUT2D eigenvalue weighted by Gasteiger charge is -2.46. The normalized spacial score (nSPS) is 26.7. The smallest absolute Gasteiger partial charge is 0.231 e. The number of hydrogen-bond donors (Lipinski definition) is 0. The molecule has 3 saturated heterocycles. The minimum atomic E-state index is -0.308. The van der Waals surface area contributed by atoms with Crippen molar-refractivity contribution in [2.75, 3.05) is 44.7 Å². The number of fused-ring (bicyclic) bond motifs is 1. The molecule has 5 heterocycles. The molecule has 152 valence electrons. The summed E-state index contributed by atoms with van der Waals surface area (Å²) in [5, 5.41) is 0. The summed E-state index contributed by atoms with van der Waals surface area (Å²) >= 11 is 0. The highest BCUT2D eigenvalue weighted by Gasteiger charge is 2.65. The third-order valence-electron chi connectivity index (χ3n) is 7.36. The number of rotatable bonds is 3. The van der Waals surface area contributed by atoms with Gasteiger partial charge in [-0.25, -0.2) is 9.97 Å². The fourth-order valence-corrected chi connectivity index (χ4v) is 5.73. The van der Waals surface area contributed by atoms with E-state index < -0.39 is 0 Å². The average Bonchev–Trinajstić information content (AvgIpc) is 3.24. The van der Waals surface area contributed by atoms with E-state index >= 15 is 0 Å². The number of piperidine rings is 1. The standard InChI is InChI=1S/C22H28N6O/c1-26-12-8-22(19(26)29)17-28(20-24-10-4-11-25-20)16-21(22)6-13-27(14-7-21)15-18-5-2-3-9-23-18/h2-5,9-11H,6-8,12-17H2,1H3. The van der Waals surface area contributed by atoms with Crippen molar-refractivity contribution in [3.8, 4) is 0 Å². The zero-order chi connectivity index (χ0) is 19.9. The first-order valence-corrected chi connectivity index (χ1v) is 10.5. The third kappa shape index (κ3) is 2.99. The molecule has 7 nitrogen and oxygen atoms in total. The number of carbonyl (C=O) groups is 1. The lowest BCUT2D eigenvalue weighted by atomic mass is 9.60. The van der Waals surface area contributed by atoms with Crippen LogP contribution in [0.2, 0.25) is 0 Å². The molecule has 2 aromatic heterocycles. The Labute approximate surface area is 171 Å². The molecule has 0 N–H and O–H groups in total. The van der Waals surface area contributed by atoms with Gasteiger partial charge in [0.25, 0.3) is 0 Å². The molecule has 0 aromatic carbocycles. The number of aromatic nitrogens is 3. The summed E-state index contributed by atoms with van der Waals surface area (Å²) in [6.45, 7) is 5.33. The highest BCUT2D eigenvalue weighted by Crippen LogP contribution is 2.58. The molecule has 2 spiro atoms. The van der Waals surface area contributed by atoms with Crippen LogP contribution >= 0.6 is 0 Å². The van der Waals surface area contributed by atoms with E-state index in [1.807, 2.05) is 36.3 Å². The Morgan fingerprint density at radius 1 is 0.931 bits per heavy atom. The summed E-state index contributed by atoms with van der Waals surface area (Å²) in [5.74, 6) is 1.07. The van der Waals surface area contributed by atoms with Gasteiger partial charge in [-0.15, -0.1) is 0 Å². The molecule has 2 aromatic rings. The lowest BCUT2D eigenvalue weighted by Crippen LogP contribution is -2.52. The molecule has 0 radical (unpaired) electrons. The van der Waals surface area contributed by atoms with Gasteiger partial charge in [0.05, 0.1) is 11.1 Å². The molecule has 3 aliphatic heterocycles. The number of hydrogen-bond acceptors (Lipinski definition) is 6.